The van der Waals surface area contributed by atoms with E-state index in [4.69, 9.17) is 24.5 Å². The van der Waals surface area contributed by atoms with Crippen molar-refractivity contribution in [1.29, 1.82) is 0 Å². The number of hydrogen-bond acceptors (Lipinski definition) is 11. The highest BCUT2D eigenvalue weighted by atomic mass is 32.2. The van der Waals surface area contributed by atoms with Crippen molar-refractivity contribution in [3.8, 4) is 5.75 Å². The van der Waals surface area contributed by atoms with Crippen LogP contribution in [0.15, 0.2) is 59.7 Å². The predicted molar refractivity (Wildman–Crippen MR) is 206 cm³/mol. The van der Waals surface area contributed by atoms with Crippen LogP contribution in [0.2, 0.25) is 0 Å². The maximum absolute atomic E-state index is 13.4. The number of hydrogen-bond donors (Lipinski definition) is 4. The number of Topliss-reactive ketones (excluding diaryl/α,β-unsaturated/α-hetero) is 1. The largest absolute Gasteiger partial charge is 0.484 e. The molecule has 55 heavy (non-hydrogen) atoms. The number of esters is 1. The van der Waals surface area contributed by atoms with Gasteiger partial charge in [-0.1, -0.05) is 60.4 Å². The van der Waals surface area contributed by atoms with E-state index in [2.05, 4.69) is 31.3 Å². The van der Waals surface area contributed by atoms with Crippen molar-refractivity contribution < 1.29 is 42.9 Å². The van der Waals surface area contributed by atoms with E-state index in [1.807, 2.05) is 11.8 Å². The zero-order valence-corrected chi connectivity index (χ0v) is 31.8. The molecule has 2 saturated heterocycles. The molecule has 2 aliphatic heterocycles. The molecule has 0 radical (unpaired) electrons. The Kier molecular flexibility index (Phi) is 19.2. The average Bonchev–Trinajstić information content (AvgIpc) is 3.75. The molecule has 0 bridgehead atoms. The minimum Gasteiger partial charge on any atom is -0.484 e. The fourth-order valence-electron chi connectivity index (χ4n) is 6.07. The van der Waals surface area contributed by atoms with Crippen molar-refractivity contribution >= 4 is 41.4 Å². The van der Waals surface area contributed by atoms with E-state index in [0.29, 0.717) is 80.7 Å². The van der Waals surface area contributed by atoms with Gasteiger partial charge in [-0.05, 0) is 43.3 Å². The summed E-state index contributed by atoms with van der Waals surface area (Å²) < 4.78 is 22.4. The first-order chi connectivity index (χ1) is 26.8. The summed E-state index contributed by atoms with van der Waals surface area (Å²) in [4.78, 5) is 64.9. The molecule has 0 spiro atoms. The molecule has 17 heteroatoms. The third-order valence-corrected chi connectivity index (χ3v) is 10.4. The normalized spacial score (nSPS) is 17.5. The summed E-state index contributed by atoms with van der Waals surface area (Å²) in [5.41, 5.74) is 9.18. The van der Waals surface area contributed by atoms with E-state index in [1.165, 1.54) is 0 Å². The van der Waals surface area contributed by atoms with Crippen molar-refractivity contribution in [2.24, 2.45) is 5.11 Å². The fourth-order valence-corrected chi connectivity index (χ4v) is 7.61. The highest BCUT2D eigenvalue weighted by molar-refractivity contribution is 8.00. The van der Waals surface area contributed by atoms with Gasteiger partial charge in [-0.3, -0.25) is 19.2 Å². The second kappa shape index (κ2) is 24.6. The van der Waals surface area contributed by atoms with Gasteiger partial charge in [-0.25, -0.2) is 4.79 Å². The number of ether oxygens (including phenoxy) is 4. The van der Waals surface area contributed by atoms with Gasteiger partial charge in [0.1, 0.15) is 5.75 Å². The van der Waals surface area contributed by atoms with E-state index in [0.717, 1.165) is 25.0 Å². The van der Waals surface area contributed by atoms with Crippen LogP contribution in [-0.4, -0.2) is 105 Å². The van der Waals surface area contributed by atoms with Gasteiger partial charge in [0.05, 0.1) is 38.5 Å². The van der Waals surface area contributed by atoms with Gasteiger partial charge in [0.25, 0.3) is 5.91 Å². The van der Waals surface area contributed by atoms with Gasteiger partial charge in [-0.15, -0.1) is 0 Å². The molecule has 4 N–H and O–H groups in total. The SMILES string of the molecule is [N-]=[N+]=NCCCCCC(=O)OC(C(=O)c1ccccc1)c1cccc(OCC(=O)NCCOCCOCCNC(=O)CCCCC2SCC3NC(=O)NC32)c1. The highest BCUT2D eigenvalue weighted by Crippen LogP contribution is 2.33. The number of carbonyl (C=O) groups is 5. The van der Waals surface area contributed by atoms with E-state index < -0.39 is 12.1 Å². The van der Waals surface area contributed by atoms with Crippen LogP contribution < -0.4 is 26.0 Å². The zero-order valence-electron chi connectivity index (χ0n) is 31.0. The van der Waals surface area contributed by atoms with Gasteiger partial charge < -0.3 is 40.2 Å². The van der Waals surface area contributed by atoms with Crippen LogP contribution in [-0.2, 0) is 28.6 Å². The smallest absolute Gasteiger partial charge is 0.315 e. The van der Waals surface area contributed by atoms with E-state index in [-0.39, 0.29) is 61.9 Å². The molecule has 4 atom stereocenters. The van der Waals surface area contributed by atoms with E-state index in [9.17, 15) is 24.0 Å². The number of urea groups is 1. The third-order valence-electron chi connectivity index (χ3n) is 8.87. The Balaban J connectivity index is 1.04. The molecule has 4 amide bonds. The van der Waals surface area contributed by atoms with E-state index >= 15 is 0 Å². The van der Waals surface area contributed by atoms with E-state index in [1.54, 1.807) is 54.6 Å². The quantitative estimate of drug-likeness (QED) is 0.0191. The lowest BCUT2D eigenvalue weighted by molar-refractivity contribution is -0.147. The van der Waals surface area contributed by atoms with Gasteiger partial charge in [0.15, 0.2) is 12.7 Å². The summed E-state index contributed by atoms with van der Waals surface area (Å²) >= 11 is 1.88. The lowest BCUT2D eigenvalue weighted by Gasteiger charge is -2.18. The molecule has 0 aromatic heterocycles. The second-order valence-corrected chi connectivity index (χ2v) is 14.3. The van der Waals surface area contributed by atoms with Crippen molar-refractivity contribution in [2.75, 3.05) is 58.4 Å². The van der Waals surface area contributed by atoms with Crippen LogP contribution in [0.4, 0.5) is 4.79 Å². The summed E-state index contributed by atoms with van der Waals surface area (Å²) in [6.45, 7) is 2.06. The van der Waals surface area contributed by atoms with Crippen molar-refractivity contribution in [1.82, 2.24) is 21.3 Å². The zero-order chi connectivity index (χ0) is 39.1. The first-order valence-electron chi connectivity index (χ1n) is 18.7. The van der Waals surface area contributed by atoms with Crippen LogP contribution in [0.3, 0.4) is 0 Å². The van der Waals surface area contributed by atoms with Gasteiger partial charge in [0, 0.05) is 59.5 Å². The number of azide groups is 1. The summed E-state index contributed by atoms with van der Waals surface area (Å²) in [7, 11) is 0. The molecule has 2 fully saturated rings. The lowest BCUT2D eigenvalue weighted by Crippen LogP contribution is -2.36. The first-order valence-corrected chi connectivity index (χ1v) is 19.8. The van der Waals surface area contributed by atoms with Crippen molar-refractivity contribution in [3.63, 3.8) is 0 Å². The topological polar surface area (TPSA) is 219 Å². The number of rotatable bonds is 27. The Bertz CT molecular complexity index is 1590. The number of carbonyl (C=O) groups excluding carboxylic acids is 5. The summed E-state index contributed by atoms with van der Waals surface area (Å²) in [5.74, 6) is -0.0334. The van der Waals surface area contributed by atoms with Crippen LogP contribution in [0.25, 0.3) is 10.4 Å². The Morgan fingerprint density at radius 3 is 2.38 bits per heavy atom. The van der Waals surface area contributed by atoms with Crippen LogP contribution in [0.5, 0.6) is 5.75 Å². The molecule has 298 valence electrons. The number of ketones is 1. The van der Waals surface area contributed by atoms with Crippen molar-refractivity contribution in [2.45, 2.75) is 74.8 Å². The summed E-state index contributed by atoms with van der Waals surface area (Å²) in [6, 6.07) is 15.4. The Labute approximate surface area is 325 Å². The molecule has 4 rings (SSSR count). The summed E-state index contributed by atoms with van der Waals surface area (Å²) in [5, 5.41) is 15.4. The number of benzene rings is 2. The number of nitrogens with one attached hydrogen (secondary N) is 4. The van der Waals surface area contributed by atoms with Crippen LogP contribution in [0, 0.1) is 0 Å². The molecule has 16 nitrogen and oxygen atoms in total. The molecular formula is C38H51N7O9S. The Morgan fingerprint density at radius 2 is 1.62 bits per heavy atom. The van der Waals surface area contributed by atoms with Crippen LogP contribution in [0.1, 0.15) is 73.4 Å². The molecular weight excluding hydrogens is 731 g/mol. The molecule has 2 aromatic rings. The first kappa shape index (κ1) is 42.9. The maximum atomic E-state index is 13.4. The standard InChI is InChI=1S/C38H51N7O9S/c39-45-42-17-8-2-5-16-34(48)54-37(36(49)27-10-3-1-4-11-27)28-12-9-13-29(24-28)53-25-33(47)41-19-21-52-23-22-51-20-18-40-32(46)15-7-6-14-31-35-30(26-55-31)43-38(50)44-35/h1,3-4,9-13,24,30-31,35,37H,2,5-8,14-23,25-26H2,(H,40,46)(H,41,47)(H2,43,44,50). The maximum Gasteiger partial charge on any atom is 0.315 e. The molecule has 2 aliphatic rings. The van der Waals surface area contributed by atoms with Gasteiger partial charge >= 0.3 is 12.0 Å². The number of unbranched alkanes of at least 4 members (excludes halogenated alkanes) is 3. The fraction of sp³-hybridized carbons (Fsp3) is 0.553. The molecule has 4 unspecified atom stereocenters. The molecule has 2 heterocycles. The molecule has 2 aromatic carbocycles. The number of fused-ring (bicyclic) bond motifs is 1. The number of nitrogens with zero attached hydrogens (tertiary/aromatic N) is 3. The highest BCUT2D eigenvalue weighted by Gasteiger charge is 2.42. The monoisotopic (exact) mass is 781 g/mol. The number of amides is 4. The lowest BCUT2D eigenvalue weighted by atomic mass is 9.99. The molecule has 0 aliphatic carbocycles. The second-order valence-electron chi connectivity index (χ2n) is 13.0. The summed E-state index contributed by atoms with van der Waals surface area (Å²) in [6.07, 6.45) is 3.91. The number of thioether (sulfide) groups is 1. The third kappa shape index (κ3) is 15.8. The molecule has 0 saturated carbocycles. The minimum atomic E-state index is -1.21. The van der Waals surface area contributed by atoms with Gasteiger partial charge in [0.2, 0.25) is 11.7 Å². The van der Waals surface area contributed by atoms with Gasteiger partial charge in [-0.2, -0.15) is 11.8 Å². The minimum absolute atomic E-state index is 0.00752. The Hall–Kier alpha value is -4.83. The average molecular weight is 782 g/mol. The van der Waals surface area contributed by atoms with Crippen molar-refractivity contribution in [3.05, 3.63) is 76.2 Å². The van der Waals surface area contributed by atoms with Crippen LogP contribution >= 0.6 is 11.8 Å². The predicted octanol–water partition coefficient (Wildman–Crippen LogP) is 4.39. The Morgan fingerprint density at radius 1 is 0.873 bits per heavy atom.